The number of hydrogen-bond donors (Lipinski definition) is 1. The van der Waals surface area contributed by atoms with Crippen LogP contribution in [0.15, 0.2) is 62.3 Å². The monoisotopic (exact) mass is 442 g/mol. The van der Waals surface area contributed by atoms with Gasteiger partial charge in [0, 0.05) is 5.56 Å². The van der Waals surface area contributed by atoms with E-state index in [1.807, 2.05) is 35.7 Å². The van der Waals surface area contributed by atoms with Gasteiger partial charge in [0.2, 0.25) is 16.9 Å². The Hall–Kier alpha value is -2.95. The smallest absolute Gasteiger partial charge is 0.290 e. The van der Waals surface area contributed by atoms with Crippen molar-refractivity contribution >= 4 is 40.2 Å². The molecule has 8 nitrogen and oxygen atoms in total. The lowest BCUT2D eigenvalue weighted by molar-refractivity contribution is 0.391. The van der Waals surface area contributed by atoms with Crippen LogP contribution in [0.1, 0.15) is 5.89 Å². The second-order valence-corrected chi connectivity index (χ2v) is 8.22. The Bertz CT molecular complexity index is 1360. The second kappa shape index (κ2) is 7.47. The standard InChI is InChI=1S/C18H11ClN6O2S2/c19-11-5-2-1-4-10(11)16-20-15(27-24-16)9-29-18-22-21-17(26)13-8-12(23-25(13)18)14-6-3-7-28-14/h1-8H,9H2,(H,21,26). The maximum atomic E-state index is 12.1. The molecule has 4 aromatic heterocycles. The third-order valence-electron chi connectivity index (χ3n) is 4.06. The molecular weight excluding hydrogens is 432 g/mol. The maximum Gasteiger partial charge on any atom is 0.290 e. The molecule has 4 heterocycles. The van der Waals surface area contributed by atoms with Crippen LogP contribution in [0.5, 0.6) is 0 Å². The number of hydrogen-bond acceptors (Lipinski definition) is 8. The summed E-state index contributed by atoms with van der Waals surface area (Å²) in [7, 11) is 0. The summed E-state index contributed by atoms with van der Waals surface area (Å²) in [6.45, 7) is 0. The molecule has 0 aliphatic carbocycles. The molecule has 1 N–H and O–H groups in total. The summed E-state index contributed by atoms with van der Waals surface area (Å²) >= 11 is 9.07. The SMILES string of the molecule is O=c1[nH]nc(SCc2nc(-c3ccccc3Cl)no2)n2nc(-c3cccs3)cc12. The molecule has 0 fully saturated rings. The molecule has 0 atom stereocenters. The first-order valence-electron chi connectivity index (χ1n) is 8.41. The third kappa shape index (κ3) is 3.46. The molecule has 0 aliphatic rings. The van der Waals surface area contributed by atoms with Gasteiger partial charge in [-0.3, -0.25) is 4.79 Å². The number of aromatic nitrogens is 6. The molecular formula is C18H11ClN6O2S2. The highest BCUT2D eigenvalue weighted by Crippen LogP contribution is 2.28. The number of fused-ring (bicyclic) bond motifs is 1. The molecule has 5 aromatic rings. The van der Waals surface area contributed by atoms with E-state index < -0.39 is 0 Å². The first-order valence-corrected chi connectivity index (χ1v) is 10.7. The van der Waals surface area contributed by atoms with E-state index >= 15 is 0 Å². The minimum atomic E-state index is -0.302. The number of H-pyrrole nitrogens is 1. The number of nitrogens with zero attached hydrogens (tertiary/aromatic N) is 5. The molecule has 0 saturated carbocycles. The molecule has 1 aromatic carbocycles. The van der Waals surface area contributed by atoms with E-state index in [1.54, 1.807) is 23.5 Å². The summed E-state index contributed by atoms with van der Waals surface area (Å²) in [6.07, 6.45) is 0. The summed E-state index contributed by atoms with van der Waals surface area (Å²) in [5.41, 5.74) is 1.54. The van der Waals surface area contributed by atoms with Gasteiger partial charge in [-0.25, -0.2) is 9.61 Å². The van der Waals surface area contributed by atoms with Gasteiger partial charge in [-0.05, 0) is 29.6 Å². The van der Waals surface area contributed by atoms with Crippen LogP contribution >= 0.6 is 34.7 Å². The van der Waals surface area contributed by atoms with Crippen LogP contribution in [0.25, 0.3) is 27.5 Å². The highest BCUT2D eigenvalue weighted by molar-refractivity contribution is 7.98. The molecule has 0 unspecified atom stereocenters. The zero-order valence-corrected chi connectivity index (χ0v) is 17.0. The average Bonchev–Trinajstić information content (AvgIpc) is 3.48. The molecule has 5 rings (SSSR count). The van der Waals surface area contributed by atoms with Crippen molar-refractivity contribution in [2.45, 2.75) is 10.9 Å². The van der Waals surface area contributed by atoms with E-state index in [0.29, 0.717) is 38.7 Å². The van der Waals surface area contributed by atoms with Gasteiger partial charge < -0.3 is 4.52 Å². The summed E-state index contributed by atoms with van der Waals surface area (Å²) in [4.78, 5) is 17.5. The summed E-state index contributed by atoms with van der Waals surface area (Å²) in [5, 5.41) is 18.2. The molecule has 0 bridgehead atoms. The predicted octanol–water partition coefficient (Wildman–Crippen LogP) is 4.14. The lowest BCUT2D eigenvalue weighted by Gasteiger charge is -2.00. The normalized spacial score (nSPS) is 11.3. The van der Waals surface area contributed by atoms with Crippen molar-refractivity contribution in [2.24, 2.45) is 0 Å². The number of aromatic amines is 1. The van der Waals surface area contributed by atoms with Crippen molar-refractivity contribution in [1.82, 2.24) is 30.0 Å². The number of thiophene rings is 1. The van der Waals surface area contributed by atoms with Gasteiger partial charge in [0.25, 0.3) is 5.56 Å². The zero-order valence-electron chi connectivity index (χ0n) is 14.6. The number of thioether (sulfide) groups is 1. The van der Waals surface area contributed by atoms with E-state index in [4.69, 9.17) is 16.1 Å². The molecule has 29 heavy (non-hydrogen) atoms. The minimum absolute atomic E-state index is 0.302. The van der Waals surface area contributed by atoms with Gasteiger partial charge in [0.1, 0.15) is 11.2 Å². The van der Waals surface area contributed by atoms with Gasteiger partial charge in [-0.1, -0.05) is 46.7 Å². The van der Waals surface area contributed by atoms with Gasteiger partial charge in [0.05, 0.1) is 15.7 Å². The Balaban J connectivity index is 1.42. The first kappa shape index (κ1) is 18.1. The van der Waals surface area contributed by atoms with Crippen molar-refractivity contribution in [3.05, 3.63) is 69.1 Å². The molecule has 0 saturated heterocycles. The van der Waals surface area contributed by atoms with Crippen molar-refractivity contribution < 1.29 is 4.52 Å². The van der Waals surface area contributed by atoms with Crippen molar-refractivity contribution in [2.75, 3.05) is 0 Å². The van der Waals surface area contributed by atoms with Crippen molar-refractivity contribution in [1.29, 1.82) is 0 Å². The van der Waals surface area contributed by atoms with Crippen LogP contribution in [0.4, 0.5) is 0 Å². The Morgan fingerprint density at radius 2 is 2.14 bits per heavy atom. The molecule has 11 heteroatoms. The summed E-state index contributed by atoms with van der Waals surface area (Å²) < 4.78 is 6.86. The van der Waals surface area contributed by atoms with Gasteiger partial charge >= 0.3 is 0 Å². The van der Waals surface area contributed by atoms with Crippen LogP contribution in [0, 0.1) is 0 Å². The van der Waals surface area contributed by atoms with E-state index in [9.17, 15) is 4.79 Å². The first-order chi connectivity index (χ1) is 14.2. The molecule has 0 radical (unpaired) electrons. The number of halogens is 1. The second-order valence-electron chi connectivity index (χ2n) is 5.92. The average molecular weight is 443 g/mol. The fraction of sp³-hybridized carbons (Fsp3) is 0.0556. The van der Waals surface area contributed by atoms with Crippen LogP contribution in [0.2, 0.25) is 5.02 Å². The zero-order chi connectivity index (χ0) is 19.8. The number of nitrogens with one attached hydrogen (secondary N) is 1. The topological polar surface area (TPSA) is 102 Å². The number of rotatable bonds is 5. The molecule has 0 amide bonds. The van der Waals surface area contributed by atoms with Crippen LogP contribution in [-0.4, -0.2) is 30.0 Å². The lowest BCUT2D eigenvalue weighted by Crippen LogP contribution is -2.13. The fourth-order valence-electron chi connectivity index (χ4n) is 2.72. The van der Waals surface area contributed by atoms with E-state index in [1.165, 1.54) is 16.3 Å². The molecule has 0 aliphatic heterocycles. The van der Waals surface area contributed by atoms with Gasteiger partial charge in [0.15, 0.2) is 0 Å². The van der Waals surface area contributed by atoms with Crippen LogP contribution in [0.3, 0.4) is 0 Å². The Morgan fingerprint density at radius 3 is 2.97 bits per heavy atom. The highest BCUT2D eigenvalue weighted by Gasteiger charge is 2.16. The minimum Gasteiger partial charge on any atom is -0.338 e. The van der Waals surface area contributed by atoms with Crippen molar-refractivity contribution in [3.63, 3.8) is 0 Å². The van der Waals surface area contributed by atoms with Crippen molar-refractivity contribution in [3.8, 4) is 22.0 Å². The third-order valence-corrected chi connectivity index (χ3v) is 6.19. The Morgan fingerprint density at radius 1 is 1.24 bits per heavy atom. The summed E-state index contributed by atoms with van der Waals surface area (Å²) in [6, 6.07) is 12.9. The van der Waals surface area contributed by atoms with E-state index in [2.05, 4.69) is 25.4 Å². The largest absolute Gasteiger partial charge is 0.338 e. The van der Waals surface area contributed by atoms with Crippen LogP contribution < -0.4 is 5.56 Å². The molecule has 0 spiro atoms. The Labute approximate surface area is 176 Å². The predicted molar refractivity (Wildman–Crippen MR) is 111 cm³/mol. The fourth-order valence-corrected chi connectivity index (χ4v) is 4.36. The lowest BCUT2D eigenvalue weighted by atomic mass is 10.2. The highest BCUT2D eigenvalue weighted by atomic mass is 35.5. The molecule has 144 valence electrons. The number of benzene rings is 1. The van der Waals surface area contributed by atoms with Gasteiger partial charge in [-0.15, -0.1) is 16.4 Å². The maximum absolute atomic E-state index is 12.1. The Kier molecular flexibility index (Phi) is 4.66. The van der Waals surface area contributed by atoms with E-state index in [-0.39, 0.29) is 5.56 Å². The van der Waals surface area contributed by atoms with Gasteiger partial charge in [-0.2, -0.15) is 10.1 Å². The quantitative estimate of drug-likeness (QED) is 0.408. The van der Waals surface area contributed by atoms with E-state index in [0.717, 1.165) is 10.6 Å². The van der Waals surface area contributed by atoms with Crippen LogP contribution in [-0.2, 0) is 5.75 Å². The summed E-state index contributed by atoms with van der Waals surface area (Å²) in [5.74, 6) is 1.20.